The number of anilines is 1. The van der Waals surface area contributed by atoms with Crippen LogP contribution in [0.3, 0.4) is 0 Å². The molecule has 0 aliphatic carbocycles. The predicted molar refractivity (Wildman–Crippen MR) is 71.8 cm³/mol. The number of carbonyl (C=O) groups excluding carboxylic acids is 2. The standard InChI is InChI=1S/C13H16N4O2/c14-11(15)8-3-5-9(6-4-8)17-13(19)10-2-1-7-16-12(10)18/h3-6,10H,1-2,7H2,(H3,14,15)(H,16,18)(H,17,19)/t10-/m1/s1. The average molecular weight is 260 g/mol. The van der Waals surface area contributed by atoms with Crippen molar-refractivity contribution < 1.29 is 9.59 Å². The molecule has 1 aromatic rings. The lowest BCUT2D eigenvalue weighted by atomic mass is 9.97. The van der Waals surface area contributed by atoms with Crippen LogP contribution in [0.4, 0.5) is 5.69 Å². The molecule has 0 spiro atoms. The zero-order chi connectivity index (χ0) is 13.8. The molecule has 1 aliphatic rings. The van der Waals surface area contributed by atoms with E-state index in [1.165, 1.54) is 0 Å². The predicted octanol–water partition coefficient (Wildman–Crippen LogP) is 0.435. The van der Waals surface area contributed by atoms with E-state index >= 15 is 0 Å². The van der Waals surface area contributed by atoms with Gasteiger partial charge in [-0.05, 0) is 37.1 Å². The van der Waals surface area contributed by atoms with Crippen molar-refractivity contribution in [1.82, 2.24) is 5.32 Å². The summed E-state index contributed by atoms with van der Waals surface area (Å²) in [5, 5.41) is 12.6. The Hall–Kier alpha value is -2.37. The van der Waals surface area contributed by atoms with E-state index < -0.39 is 5.92 Å². The number of rotatable bonds is 3. The first-order valence-corrected chi connectivity index (χ1v) is 6.11. The van der Waals surface area contributed by atoms with Crippen LogP contribution in [-0.4, -0.2) is 24.2 Å². The minimum Gasteiger partial charge on any atom is -0.384 e. The zero-order valence-electron chi connectivity index (χ0n) is 10.4. The molecule has 0 bridgehead atoms. The Morgan fingerprint density at radius 2 is 2.05 bits per heavy atom. The SMILES string of the molecule is N=C(N)c1ccc(NC(=O)[C@@H]2CCCNC2=O)cc1. The van der Waals surface area contributed by atoms with Crippen molar-refractivity contribution in [1.29, 1.82) is 5.41 Å². The number of carbonyl (C=O) groups is 2. The van der Waals surface area contributed by atoms with E-state index in [2.05, 4.69) is 10.6 Å². The van der Waals surface area contributed by atoms with Gasteiger partial charge >= 0.3 is 0 Å². The van der Waals surface area contributed by atoms with Gasteiger partial charge in [-0.2, -0.15) is 0 Å². The lowest BCUT2D eigenvalue weighted by Crippen LogP contribution is -2.42. The van der Waals surface area contributed by atoms with Gasteiger partial charge in [-0.15, -0.1) is 0 Å². The molecule has 0 aromatic heterocycles. The molecule has 1 aromatic carbocycles. The van der Waals surface area contributed by atoms with Crippen molar-refractivity contribution in [3.05, 3.63) is 29.8 Å². The molecule has 0 unspecified atom stereocenters. The molecule has 0 radical (unpaired) electrons. The second-order valence-electron chi connectivity index (χ2n) is 4.47. The summed E-state index contributed by atoms with van der Waals surface area (Å²) in [6.07, 6.45) is 1.39. The van der Waals surface area contributed by atoms with E-state index in [4.69, 9.17) is 11.1 Å². The number of nitrogens with two attached hydrogens (primary N) is 1. The summed E-state index contributed by atoms with van der Waals surface area (Å²) in [5.41, 5.74) is 6.53. The molecular formula is C13H16N4O2. The third-order valence-corrected chi connectivity index (χ3v) is 3.07. The van der Waals surface area contributed by atoms with Gasteiger partial charge < -0.3 is 16.4 Å². The highest BCUT2D eigenvalue weighted by molar-refractivity contribution is 6.06. The molecule has 6 nitrogen and oxygen atoms in total. The lowest BCUT2D eigenvalue weighted by Gasteiger charge is -2.21. The number of amidine groups is 1. The third kappa shape index (κ3) is 3.09. The van der Waals surface area contributed by atoms with Gasteiger partial charge in [0.05, 0.1) is 0 Å². The van der Waals surface area contributed by atoms with Gasteiger partial charge in [0.25, 0.3) is 0 Å². The van der Waals surface area contributed by atoms with Gasteiger partial charge in [0.2, 0.25) is 11.8 Å². The van der Waals surface area contributed by atoms with Gasteiger partial charge in [-0.3, -0.25) is 15.0 Å². The van der Waals surface area contributed by atoms with E-state index in [9.17, 15) is 9.59 Å². The van der Waals surface area contributed by atoms with E-state index in [1.54, 1.807) is 24.3 Å². The van der Waals surface area contributed by atoms with Crippen LogP contribution in [0.25, 0.3) is 0 Å². The third-order valence-electron chi connectivity index (χ3n) is 3.07. The van der Waals surface area contributed by atoms with Crippen molar-refractivity contribution in [2.45, 2.75) is 12.8 Å². The zero-order valence-corrected chi connectivity index (χ0v) is 10.4. The van der Waals surface area contributed by atoms with Crippen LogP contribution in [0.15, 0.2) is 24.3 Å². The van der Waals surface area contributed by atoms with Gasteiger partial charge in [0.1, 0.15) is 11.8 Å². The molecule has 6 heteroatoms. The number of amides is 2. The molecule has 5 N–H and O–H groups in total. The second kappa shape index (κ2) is 5.51. The molecule has 19 heavy (non-hydrogen) atoms. The Morgan fingerprint density at radius 3 is 2.63 bits per heavy atom. The average Bonchev–Trinajstić information content (AvgIpc) is 2.39. The van der Waals surface area contributed by atoms with Gasteiger partial charge in [-0.1, -0.05) is 0 Å². The van der Waals surface area contributed by atoms with Crippen molar-refractivity contribution in [2.75, 3.05) is 11.9 Å². The molecule has 2 amide bonds. The minimum atomic E-state index is -0.624. The largest absolute Gasteiger partial charge is 0.384 e. The highest BCUT2D eigenvalue weighted by atomic mass is 16.2. The van der Waals surface area contributed by atoms with E-state index in [1.807, 2.05) is 0 Å². The fourth-order valence-corrected chi connectivity index (χ4v) is 1.98. The molecule has 2 rings (SSSR count). The quantitative estimate of drug-likeness (QED) is 0.359. The second-order valence-corrected chi connectivity index (χ2v) is 4.47. The Kier molecular flexibility index (Phi) is 3.79. The Labute approximate surface area is 110 Å². The van der Waals surface area contributed by atoms with Gasteiger partial charge in [0, 0.05) is 17.8 Å². The maximum Gasteiger partial charge on any atom is 0.236 e. The number of piperidine rings is 1. The molecule has 1 heterocycles. The molecule has 1 aliphatic heterocycles. The fraction of sp³-hybridized carbons (Fsp3) is 0.308. The van der Waals surface area contributed by atoms with Crippen LogP contribution < -0.4 is 16.4 Å². The first kappa shape index (κ1) is 13.1. The van der Waals surface area contributed by atoms with Crippen LogP contribution >= 0.6 is 0 Å². The Bertz CT molecular complexity index is 510. The first-order chi connectivity index (χ1) is 9.08. The van der Waals surface area contributed by atoms with E-state index in [0.29, 0.717) is 24.2 Å². The Morgan fingerprint density at radius 1 is 1.37 bits per heavy atom. The summed E-state index contributed by atoms with van der Waals surface area (Å²) in [4.78, 5) is 23.5. The minimum absolute atomic E-state index is 0.0236. The summed E-state index contributed by atoms with van der Waals surface area (Å²) >= 11 is 0. The number of benzene rings is 1. The monoisotopic (exact) mass is 260 g/mol. The summed E-state index contributed by atoms with van der Waals surface area (Å²) in [6.45, 7) is 0.635. The topological polar surface area (TPSA) is 108 Å². The molecule has 0 saturated carbocycles. The first-order valence-electron chi connectivity index (χ1n) is 6.11. The van der Waals surface area contributed by atoms with Gasteiger partial charge in [0.15, 0.2) is 0 Å². The smallest absolute Gasteiger partial charge is 0.236 e. The summed E-state index contributed by atoms with van der Waals surface area (Å²) < 4.78 is 0. The van der Waals surface area contributed by atoms with Crippen molar-refractivity contribution in [2.24, 2.45) is 11.7 Å². The highest BCUT2D eigenvalue weighted by Crippen LogP contribution is 2.15. The fourth-order valence-electron chi connectivity index (χ4n) is 1.98. The maximum atomic E-state index is 12.0. The van der Waals surface area contributed by atoms with Crippen LogP contribution in [0, 0.1) is 11.3 Å². The Balaban J connectivity index is 2.02. The molecular weight excluding hydrogens is 244 g/mol. The highest BCUT2D eigenvalue weighted by Gasteiger charge is 2.28. The van der Waals surface area contributed by atoms with Gasteiger partial charge in [-0.25, -0.2) is 0 Å². The van der Waals surface area contributed by atoms with Crippen LogP contribution in [0.2, 0.25) is 0 Å². The normalized spacial score (nSPS) is 18.5. The van der Waals surface area contributed by atoms with Crippen molar-refractivity contribution in [3.8, 4) is 0 Å². The summed E-state index contributed by atoms with van der Waals surface area (Å²) in [7, 11) is 0. The van der Waals surface area contributed by atoms with E-state index in [-0.39, 0.29) is 17.6 Å². The van der Waals surface area contributed by atoms with Crippen LogP contribution in [0.5, 0.6) is 0 Å². The molecule has 1 atom stereocenters. The molecule has 1 saturated heterocycles. The van der Waals surface area contributed by atoms with Crippen molar-refractivity contribution in [3.63, 3.8) is 0 Å². The molecule has 1 fully saturated rings. The number of nitrogen functional groups attached to an aromatic ring is 1. The van der Waals surface area contributed by atoms with Crippen molar-refractivity contribution >= 4 is 23.3 Å². The maximum absolute atomic E-state index is 12.0. The summed E-state index contributed by atoms with van der Waals surface area (Å²) in [6, 6.07) is 6.63. The van der Waals surface area contributed by atoms with Crippen LogP contribution in [0.1, 0.15) is 18.4 Å². The molecule has 100 valence electrons. The lowest BCUT2D eigenvalue weighted by molar-refractivity contribution is -0.134. The number of hydrogen-bond acceptors (Lipinski definition) is 3. The summed E-state index contributed by atoms with van der Waals surface area (Å²) in [5.74, 6) is -1.16. The number of nitrogens with one attached hydrogen (secondary N) is 3. The number of hydrogen-bond donors (Lipinski definition) is 4. The van der Waals surface area contributed by atoms with E-state index in [0.717, 1.165) is 6.42 Å². The van der Waals surface area contributed by atoms with Crippen LogP contribution in [-0.2, 0) is 9.59 Å².